The molecule has 0 spiro atoms. The van der Waals surface area contributed by atoms with E-state index in [1.807, 2.05) is 0 Å². The van der Waals surface area contributed by atoms with Crippen molar-refractivity contribution in [1.29, 1.82) is 0 Å². The zero-order valence-corrected chi connectivity index (χ0v) is 51.2. The molecule has 16 N–H and O–H groups in total. The average Bonchev–Trinajstić information content (AvgIpc) is 2.19. The lowest BCUT2D eigenvalue weighted by atomic mass is 9.80. The molecule has 3 heterocycles. The van der Waals surface area contributed by atoms with Crippen molar-refractivity contribution in [2.75, 3.05) is 83.4 Å². The number of carbonyl (C=O) groups excluding carboxylic acids is 11. The molecule has 4 aliphatic rings. The monoisotopic (exact) mass is 1350 g/mol. The van der Waals surface area contributed by atoms with E-state index in [0.717, 1.165) is 0 Å². The number of aliphatic hydroxyl groups excluding tert-OH is 3. The van der Waals surface area contributed by atoms with E-state index in [1.165, 1.54) is 25.1 Å². The number of hydrogen-bond donors (Lipinski definition) is 15. The van der Waals surface area contributed by atoms with Gasteiger partial charge in [0.2, 0.25) is 41.4 Å². The van der Waals surface area contributed by atoms with Crippen molar-refractivity contribution in [1.82, 2.24) is 47.9 Å². The second-order valence-corrected chi connectivity index (χ2v) is 24.4. The Bertz CT molecular complexity index is 2690. The predicted octanol–water partition coefficient (Wildman–Crippen LogP) is -4.14. The van der Waals surface area contributed by atoms with Gasteiger partial charge in [0.25, 0.3) is 11.8 Å². The van der Waals surface area contributed by atoms with Crippen molar-refractivity contribution in [2.45, 2.75) is 107 Å². The number of halogens is 2. The normalized spacial score (nSPS) is 27.7. The molecule has 472 valence electrons. The van der Waals surface area contributed by atoms with Crippen LogP contribution in [0.4, 0.5) is 5.69 Å². The third-order valence-electron chi connectivity index (χ3n) is 15.1. The van der Waals surface area contributed by atoms with E-state index in [1.54, 1.807) is 13.8 Å². The van der Waals surface area contributed by atoms with Gasteiger partial charge in [-0.15, -0.1) is 0 Å². The maximum atomic E-state index is 15.0. The molecule has 1 aromatic rings. The molecular weight excluding hydrogens is 1270 g/mol. The largest absolute Gasteiger partial charge is 0.508 e. The lowest BCUT2D eigenvalue weighted by Gasteiger charge is -2.32. The number of anilines is 1. The quantitative estimate of drug-likeness (QED) is 0.0435. The van der Waals surface area contributed by atoms with Gasteiger partial charge in [-0.25, -0.2) is 0 Å². The van der Waals surface area contributed by atoms with Crippen molar-refractivity contribution in [3.63, 3.8) is 0 Å². The number of nitrogens with two attached hydrogens (primary N) is 1. The molecule has 5 unspecified atom stereocenters. The lowest BCUT2D eigenvalue weighted by Crippen LogP contribution is -2.59. The first-order valence-corrected chi connectivity index (χ1v) is 30.8. The van der Waals surface area contributed by atoms with Gasteiger partial charge >= 0.3 is 0 Å². The van der Waals surface area contributed by atoms with Gasteiger partial charge in [-0.3, -0.25) is 56.9 Å². The molecule has 1 saturated carbocycles. The summed E-state index contributed by atoms with van der Waals surface area (Å²) in [7, 11) is -2.29. The van der Waals surface area contributed by atoms with Crippen molar-refractivity contribution in [3.8, 4) is 5.75 Å². The number of benzene rings is 1. The van der Waals surface area contributed by atoms with Crippen LogP contribution in [0.15, 0.2) is 27.2 Å². The Morgan fingerprint density at radius 3 is 1.96 bits per heavy atom. The van der Waals surface area contributed by atoms with Crippen LogP contribution in [-0.2, 0) is 73.0 Å². The summed E-state index contributed by atoms with van der Waals surface area (Å²) in [5.74, 6) is -17.8. The third kappa shape index (κ3) is 20.0. The lowest BCUT2D eigenvalue weighted by molar-refractivity contribution is -0.140. The van der Waals surface area contributed by atoms with E-state index in [9.17, 15) is 77.4 Å². The molecule has 0 aromatic heterocycles. The second kappa shape index (κ2) is 33.8. The fraction of sp³-hybridized carbons (Fsp3) is 0.642. The fourth-order valence-electron chi connectivity index (χ4n) is 10.2. The SMILES string of the molecule is CC[C@H](C)[C@@H]1NC(=O)CNC(=O)[C@@H]2CC3c4ccc(O)cc4NC3S(=O)C[C@H](NC(=O)CNC1=O)C(=O)C[C@@H](CC(=O)NCCOCCNC(=O)/C(Br)=C(/Br)C(=O)NCCOCCN)C(=O)C1C[C@H](O)C[C@H]1C(=O)N[C@@H](C(C)[C@@H](O)CO)C(=O)N2. The molecule has 85 heavy (non-hydrogen) atoms. The number of fused-ring (bicyclic) bond motifs is 5. The van der Waals surface area contributed by atoms with Gasteiger partial charge in [0.05, 0.1) is 76.0 Å². The van der Waals surface area contributed by atoms with E-state index in [0.29, 0.717) is 25.1 Å². The first kappa shape index (κ1) is 69.8. The van der Waals surface area contributed by atoms with Crippen molar-refractivity contribution in [3.05, 3.63) is 32.7 Å². The highest BCUT2D eigenvalue weighted by Gasteiger charge is 2.48. The van der Waals surface area contributed by atoms with Crippen LogP contribution in [0.3, 0.4) is 0 Å². The summed E-state index contributed by atoms with van der Waals surface area (Å²) >= 11 is 6.17. The van der Waals surface area contributed by atoms with E-state index in [4.69, 9.17) is 15.2 Å². The average molecular weight is 1350 g/mol. The molecule has 1 aromatic carbocycles. The highest BCUT2D eigenvalue weighted by molar-refractivity contribution is 9.14. The number of phenols is 1. The summed E-state index contributed by atoms with van der Waals surface area (Å²) in [6.45, 7) is 2.87. The molecule has 5 rings (SSSR count). The van der Waals surface area contributed by atoms with Crippen LogP contribution < -0.4 is 58.9 Å². The molecule has 3 fully saturated rings. The molecule has 29 nitrogen and oxygen atoms in total. The molecule has 9 amide bonds. The zero-order chi connectivity index (χ0) is 62.7. The Balaban J connectivity index is 1.48. The number of ketones is 2. The van der Waals surface area contributed by atoms with Gasteiger partial charge < -0.3 is 88.8 Å². The Hall–Kier alpha value is -6.00. The number of carbonyl (C=O) groups is 11. The van der Waals surface area contributed by atoms with Crippen LogP contribution in [-0.4, -0.2) is 209 Å². The van der Waals surface area contributed by atoms with Gasteiger partial charge in [0, 0.05) is 85.2 Å². The van der Waals surface area contributed by atoms with Gasteiger partial charge in [0.15, 0.2) is 5.78 Å². The summed E-state index contributed by atoms with van der Waals surface area (Å²) in [4.78, 5) is 154. The van der Waals surface area contributed by atoms with Crippen LogP contribution in [0.25, 0.3) is 0 Å². The Labute approximate surface area is 509 Å². The van der Waals surface area contributed by atoms with Crippen molar-refractivity contribution >= 4 is 113 Å². The summed E-state index contributed by atoms with van der Waals surface area (Å²) < 4.78 is 25.6. The molecular formula is C53H77Br2N11O18S. The molecule has 32 heteroatoms. The van der Waals surface area contributed by atoms with Crippen LogP contribution in [0.5, 0.6) is 5.75 Å². The number of aliphatic hydroxyl groups is 3. The maximum absolute atomic E-state index is 15.0. The number of amides is 9. The van der Waals surface area contributed by atoms with E-state index < -0.39 is 197 Å². The molecule has 2 saturated heterocycles. The molecule has 1 aliphatic carbocycles. The second-order valence-electron chi connectivity index (χ2n) is 21.2. The number of hydrogen-bond acceptors (Lipinski definition) is 20. The number of ether oxygens (including phenoxy) is 2. The summed E-state index contributed by atoms with van der Waals surface area (Å²) in [5.41, 5.74) is 5.98. The highest BCUT2D eigenvalue weighted by atomic mass is 79.9. The van der Waals surface area contributed by atoms with Gasteiger partial charge in [-0.1, -0.05) is 33.3 Å². The van der Waals surface area contributed by atoms with Crippen LogP contribution in [0.1, 0.15) is 70.8 Å². The van der Waals surface area contributed by atoms with Crippen LogP contribution in [0, 0.1) is 29.6 Å². The van der Waals surface area contributed by atoms with E-state index >= 15 is 0 Å². The van der Waals surface area contributed by atoms with Crippen LogP contribution >= 0.6 is 31.9 Å². The van der Waals surface area contributed by atoms with Crippen molar-refractivity contribution < 1.29 is 86.8 Å². The smallest absolute Gasteiger partial charge is 0.259 e. The van der Waals surface area contributed by atoms with Crippen LogP contribution in [0.2, 0.25) is 0 Å². The number of Topliss-reactive ketones (excluding diaryl/α,β-unsaturated/α-hetero) is 2. The predicted molar refractivity (Wildman–Crippen MR) is 311 cm³/mol. The first-order valence-electron chi connectivity index (χ1n) is 27.9. The third-order valence-corrected chi connectivity index (χ3v) is 18.8. The Morgan fingerprint density at radius 2 is 1.34 bits per heavy atom. The maximum Gasteiger partial charge on any atom is 0.259 e. The van der Waals surface area contributed by atoms with E-state index in [-0.39, 0.29) is 72.7 Å². The molecule has 3 aliphatic heterocycles. The zero-order valence-electron chi connectivity index (χ0n) is 47.2. The molecule has 2 bridgehead atoms. The number of nitrogens with one attached hydrogen (secondary N) is 10. The minimum atomic E-state index is -2.29. The fourth-order valence-corrected chi connectivity index (χ4v) is 12.5. The van der Waals surface area contributed by atoms with E-state index in [2.05, 4.69) is 85.0 Å². The topological polar surface area (TPSA) is 451 Å². The Morgan fingerprint density at radius 1 is 0.741 bits per heavy atom. The number of rotatable bonds is 20. The molecule has 0 radical (unpaired) electrons. The summed E-state index contributed by atoms with van der Waals surface area (Å²) in [5, 5.41) is 67.3. The highest BCUT2D eigenvalue weighted by Crippen LogP contribution is 2.42. The Kier molecular flexibility index (Phi) is 27.7. The molecule has 14 atom stereocenters. The summed E-state index contributed by atoms with van der Waals surface area (Å²) in [6, 6.07) is -2.34. The van der Waals surface area contributed by atoms with Gasteiger partial charge in [0.1, 0.15) is 44.0 Å². The van der Waals surface area contributed by atoms with Crippen molar-refractivity contribution in [2.24, 2.45) is 35.3 Å². The minimum absolute atomic E-state index is 0.0406. The number of phenolic OH excluding ortho intramolecular Hbond substituents is 1. The van der Waals surface area contributed by atoms with Gasteiger partial charge in [-0.05, 0) is 68.7 Å². The standard InChI is InChI=1S/C53H77Br2N11O18S/c1-4-25(2)44-51(80)61-21-40(73)62-36-24-85(82)53-33(30-6-5-28(68)19-34(30)64-53)20-35(48(77)60-22-41(74)65-44)63-52(81)45(26(3)38(71)23-67)66-47(76)32-18-29(69)17-31(32)46(75)27(15-37(36)70)16-39(72)57-8-12-84-14-10-59-50(79)43(55)42(54)49(78)58-9-13-83-11-7-56/h5-6,19,25-27,29,31-33,35-36,38,44-45,53,64,67-69,71H,4,7-18,20-24,56H2,1-3H3,(H,57,72)(H,58,78)(H,59,79)(H,60,77)(H,61,80)(H,62,73)(H,63,81)(H,65,74)(H,66,76)/b43-42-/t25-,26?,27-,29-,31?,32+,33?,35-,36-,38-,44-,45-,53?,85?/m0/s1. The number of aromatic hydroxyl groups is 1. The minimum Gasteiger partial charge on any atom is -0.508 e. The van der Waals surface area contributed by atoms with Gasteiger partial charge in [-0.2, -0.15) is 0 Å². The summed E-state index contributed by atoms with van der Waals surface area (Å²) in [6.07, 6.45) is -5.30. The first-order chi connectivity index (χ1) is 40.4.